The van der Waals surface area contributed by atoms with Crippen molar-refractivity contribution in [2.24, 2.45) is 23.7 Å². The first-order valence-electron chi connectivity index (χ1n) is 8.81. The highest BCUT2D eigenvalue weighted by Crippen LogP contribution is 2.60. The quantitative estimate of drug-likeness (QED) is 0.794. The van der Waals surface area contributed by atoms with E-state index in [0.29, 0.717) is 30.1 Å². The van der Waals surface area contributed by atoms with Crippen molar-refractivity contribution in [1.82, 2.24) is 0 Å². The third-order valence-electron chi connectivity index (χ3n) is 6.71. The van der Waals surface area contributed by atoms with Gasteiger partial charge in [-0.25, -0.2) is 9.78 Å². The van der Waals surface area contributed by atoms with Crippen LogP contribution in [0.1, 0.15) is 52.9 Å². The van der Waals surface area contributed by atoms with Crippen molar-refractivity contribution < 1.29 is 24.4 Å². The van der Waals surface area contributed by atoms with Gasteiger partial charge in [0, 0.05) is 18.9 Å². The molecule has 4 saturated heterocycles. The van der Waals surface area contributed by atoms with Gasteiger partial charge in [0.1, 0.15) is 0 Å². The Bertz CT molecular complexity index is 443. The van der Waals surface area contributed by atoms with Crippen LogP contribution in [0.15, 0.2) is 0 Å². The van der Waals surface area contributed by atoms with E-state index < -0.39 is 11.4 Å². The lowest BCUT2D eigenvalue weighted by atomic mass is 9.57. The maximum atomic E-state index is 9.36. The molecule has 0 aromatic carbocycles. The molecule has 0 aromatic heterocycles. The van der Waals surface area contributed by atoms with Crippen LogP contribution in [0.2, 0.25) is 0 Å². The summed E-state index contributed by atoms with van der Waals surface area (Å²) in [6.07, 6.45) is 4.56. The minimum absolute atomic E-state index is 0.0335. The summed E-state index contributed by atoms with van der Waals surface area (Å²) < 4.78 is 12.6. The van der Waals surface area contributed by atoms with E-state index in [2.05, 4.69) is 13.8 Å². The van der Waals surface area contributed by atoms with Crippen molar-refractivity contribution in [3.63, 3.8) is 0 Å². The van der Waals surface area contributed by atoms with Crippen molar-refractivity contribution in [3.8, 4) is 0 Å². The molecule has 126 valence electrons. The van der Waals surface area contributed by atoms with Gasteiger partial charge in [0.2, 0.25) is 5.79 Å². The Morgan fingerprint density at radius 1 is 1.09 bits per heavy atom. The highest BCUT2D eigenvalue weighted by atomic mass is 17.3. The van der Waals surface area contributed by atoms with Crippen molar-refractivity contribution in [2.75, 3.05) is 6.61 Å². The molecule has 0 unspecified atom stereocenters. The fraction of sp³-hybridized carbons (Fsp3) is 1.00. The van der Waals surface area contributed by atoms with Crippen LogP contribution in [0.3, 0.4) is 0 Å². The Labute approximate surface area is 132 Å². The highest BCUT2D eigenvalue weighted by molar-refractivity contribution is 5.09. The van der Waals surface area contributed by atoms with Crippen molar-refractivity contribution in [2.45, 2.75) is 76.7 Å². The van der Waals surface area contributed by atoms with Crippen LogP contribution in [0.4, 0.5) is 0 Å². The zero-order valence-electron chi connectivity index (χ0n) is 13.8. The number of aliphatic hydroxyl groups excluding tert-OH is 1. The lowest BCUT2D eigenvalue weighted by molar-refractivity contribution is -0.571. The number of ether oxygens (including phenoxy) is 2. The van der Waals surface area contributed by atoms with Crippen molar-refractivity contribution in [3.05, 3.63) is 0 Å². The minimum Gasteiger partial charge on any atom is -0.396 e. The van der Waals surface area contributed by atoms with E-state index in [1.807, 2.05) is 6.92 Å². The Morgan fingerprint density at radius 3 is 2.68 bits per heavy atom. The largest absolute Gasteiger partial charge is 0.396 e. The van der Waals surface area contributed by atoms with Gasteiger partial charge in [-0.3, -0.25) is 0 Å². The van der Waals surface area contributed by atoms with E-state index in [0.717, 1.165) is 19.3 Å². The van der Waals surface area contributed by atoms with Crippen LogP contribution in [0.25, 0.3) is 0 Å². The van der Waals surface area contributed by atoms with Gasteiger partial charge >= 0.3 is 0 Å². The molecule has 5 nitrogen and oxygen atoms in total. The normalized spacial score (nSPS) is 57.3. The van der Waals surface area contributed by atoms with E-state index in [1.165, 1.54) is 6.42 Å². The van der Waals surface area contributed by atoms with Gasteiger partial charge in [0.05, 0.1) is 6.10 Å². The van der Waals surface area contributed by atoms with Crippen LogP contribution in [0, 0.1) is 23.7 Å². The van der Waals surface area contributed by atoms with Gasteiger partial charge in [0.25, 0.3) is 0 Å². The van der Waals surface area contributed by atoms with E-state index >= 15 is 0 Å². The Kier molecular flexibility index (Phi) is 3.59. The van der Waals surface area contributed by atoms with E-state index in [4.69, 9.17) is 19.2 Å². The molecular weight excluding hydrogens is 284 g/mol. The standard InChI is InChI=1S/C17H28O5/c1-10-4-5-13-11(2)14(7-9-18)19-15-17(13)12(10)6-8-16(3,20-15)21-22-17/h10-15,18H,4-9H2,1-3H3/t10-,11-,12+,13+,14-,15-,16+,17-/m1/s1. The van der Waals surface area contributed by atoms with Gasteiger partial charge in [-0.15, -0.1) is 0 Å². The Hall–Kier alpha value is -0.200. The summed E-state index contributed by atoms with van der Waals surface area (Å²) in [6, 6.07) is 0. The zero-order valence-corrected chi connectivity index (χ0v) is 13.8. The summed E-state index contributed by atoms with van der Waals surface area (Å²) in [5.41, 5.74) is -0.473. The van der Waals surface area contributed by atoms with E-state index in [-0.39, 0.29) is 19.0 Å². The summed E-state index contributed by atoms with van der Waals surface area (Å²) >= 11 is 0. The minimum atomic E-state index is -0.706. The predicted octanol–water partition coefficient (Wildman–Crippen LogP) is 2.62. The molecule has 1 saturated carbocycles. The van der Waals surface area contributed by atoms with Gasteiger partial charge in [-0.2, -0.15) is 0 Å². The highest BCUT2D eigenvalue weighted by Gasteiger charge is 2.69. The molecule has 4 heterocycles. The fourth-order valence-electron chi connectivity index (χ4n) is 5.44. The van der Waals surface area contributed by atoms with E-state index in [1.54, 1.807) is 0 Å². The summed E-state index contributed by atoms with van der Waals surface area (Å²) in [6.45, 7) is 6.64. The van der Waals surface area contributed by atoms with Crippen LogP contribution in [-0.4, -0.2) is 35.5 Å². The predicted molar refractivity (Wildman–Crippen MR) is 78.5 cm³/mol. The van der Waals surface area contributed by atoms with Crippen LogP contribution in [-0.2, 0) is 19.2 Å². The average molecular weight is 312 g/mol. The van der Waals surface area contributed by atoms with Crippen molar-refractivity contribution in [1.29, 1.82) is 0 Å². The lowest BCUT2D eigenvalue weighted by Crippen LogP contribution is -2.70. The molecule has 1 aliphatic carbocycles. The molecule has 1 N–H and O–H groups in total. The molecule has 4 aliphatic heterocycles. The summed E-state index contributed by atoms with van der Waals surface area (Å²) in [5, 5.41) is 9.36. The maximum Gasteiger partial charge on any atom is 0.201 e. The first-order chi connectivity index (χ1) is 10.5. The number of hydrogen-bond acceptors (Lipinski definition) is 5. The first kappa shape index (κ1) is 15.3. The van der Waals surface area contributed by atoms with Gasteiger partial charge in [-0.1, -0.05) is 13.8 Å². The third-order valence-corrected chi connectivity index (χ3v) is 6.71. The second-order valence-corrected chi connectivity index (χ2v) is 7.96. The molecule has 0 radical (unpaired) electrons. The molecule has 22 heavy (non-hydrogen) atoms. The zero-order chi connectivity index (χ0) is 15.5. The Morgan fingerprint density at radius 2 is 1.91 bits per heavy atom. The molecule has 0 aromatic rings. The monoisotopic (exact) mass is 312 g/mol. The summed E-state index contributed by atoms with van der Waals surface area (Å²) in [7, 11) is 0. The van der Waals surface area contributed by atoms with Crippen LogP contribution >= 0.6 is 0 Å². The maximum absolute atomic E-state index is 9.36. The van der Waals surface area contributed by atoms with Gasteiger partial charge < -0.3 is 14.6 Å². The molecule has 5 heteroatoms. The number of aliphatic hydroxyl groups is 1. The SMILES string of the molecule is C[C@H]1[C@@H](CCO)O[C@@H]2O[C@]3(C)CC[C@H]4[C@H](C)CC[C@@H]1[C@@]24OO3. The number of hydrogen-bond donors (Lipinski definition) is 1. The number of rotatable bonds is 2. The van der Waals surface area contributed by atoms with Gasteiger partial charge in [0.15, 0.2) is 11.9 Å². The summed E-state index contributed by atoms with van der Waals surface area (Å²) in [5.74, 6) is 1.01. The third kappa shape index (κ3) is 1.96. The van der Waals surface area contributed by atoms with E-state index in [9.17, 15) is 5.11 Å². The second kappa shape index (κ2) is 5.15. The summed E-state index contributed by atoms with van der Waals surface area (Å²) in [4.78, 5) is 11.8. The topological polar surface area (TPSA) is 57.2 Å². The van der Waals surface area contributed by atoms with Crippen LogP contribution < -0.4 is 0 Å². The number of fused-ring (bicyclic) bond motifs is 2. The average Bonchev–Trinajstić information content (AvgIpc) is 2.71. The first-order valence-corrected chi connectivity index (χ1v) is 8.81. The van der Waals surface area contributed by atoms with Crippen molar-refractivity contribution >= 4 is 0 Å². The second-order valence-electron chi connectivity index (χ2n) is 7.96. The molecule has 2 bridgehead atoms. The Balaban J connectivity index is 1.75. The molecule has 5 aliphatic rings. The molecular formula is C17H28O5. The molecule has 8 atom stereocenters. The smallest absolute Gasteiger partial charge is 0.201 e. The van der Waals surface area contributed by atoms with Gasteiger partial charge in [-0.05, 0) is 50.4 Å². The molecule has 5 rings (SSSR count). The molecule has 0 amide bonds. The molecule has 1 spiro atoms. The molecule has 5 fully saturated rings. The lowest BCUT2D eigenvalue weighted by Gasteiger charge is -2.60. The van der Waals surface area contributed by atoms with Crippen LogP contribution in [0.5, 0.6) is 0 Å². The fourth-order valence-corrected chi connectivity index (χ4v) is 5.44.